The predicted molar refractivity (Wildman–Crippen MR) is 76.8 cm³/mol. The van der Waals surface area contributed by atoms with Gasteiger partial charge in [-0.3, -0.25) is 4.98 Å². The molecule has 90 valence electrons. The van der Waals surface area contributed by atoms with Gasteiger partial charge in [0.25, 0.3) is 0 Å². The SMILES string of the molecule is CNC(Cc1cncs1)c1ccc(Br)c(Cl)c1. The van der Waals surface area contributed by atoms with Gasteiger partial charge in [-0.15, -0.1) is 11.3 Å². The number of nitrogens with zero attached hydrogens (tertiary/aromatic N) is 1. The van der Waals surface area contributed by atoms with Crippen LogP contribution in [0, 0.1) is 0 Å². The minimum Gasteiger partial charge on any atom is -0.313 e. The van der Waals surface area contributed by atoms with Gasteiger partial charge in [0.2, 0.25) is 0 Å². The van der Waals surface area contributed by atoms with Crippen molar-refractivity contribution in [3.8, 4) is 0 Å². The van der Waals surface area contributed by atoms with Crippen molar-refractivity contribution in [2.45, 2.75) is 12.5 Å². The van der Waals surface area contributed by atoms with Crippen molar-refractivity contribution in [2.75, 3.05) is 7.05 Å². The molecule has 2 nitrogen and oxygen atoms in total. The highest BCUT2D eigenvalue weighted by molar-refractivity contribution is 9.10. The van der Waals surface area contributed by atoms with Crippen molar-refractivity contribution < 1.29 is 0 Å². The molecular formula is C12H12BrClN2S. The van der Waals surface area contributed by atoms with E-state index in [0.29, 0.717) is 0 Å². The number of halogens is 2. The van der Waals surface area contributed by atoms with Crippen molar-refractivity contribution in [3.63, 3.8) is 0 Å². The first kappa shape index (κ1) is 13.0. The molecule has 0 spiro atoms. The molecule has 0 saturated heterocycles. The van der Waals surface area contributed by atoms with Gasteiger partial charge in [-0.25, -0.2) is 0 Å². The first-order valence-corrected chi connectivity index (χ1v) is 7.25. The standard InChI is InChI=1S/C12H12BrClN2S/c1-15-12(5-9-6-16-7-17-9)8-2-3-10(13)11(14)4-8/h2-4,6-7,12,15H,5H2,1H3. The maximum Gasteiger partial charge on any atom is 0.0794 e. The normalized spacial score (nSPS) is 12.6. The maximum atomic E-state index is 6.11. The van der Waals surface area contributed by atoms with Crippen molar-refractivity contribution in [1.29, 1.82) is 0 Å². The third-order valence-corrected chi connectivity index (χ3v) is 4.62. The molecule has 0 saturated carbocycles. The summed E-state index contributed by atoms with van der Waals surface area (Å²) in [5.74, 6) is 0. The lowest BCUT2D eigenvalue weighted by atomic mass is 10.0. The molecule has 0 aliphatic carbocycles. The van der Waals surface area contributed by atoms with E-state index in [1.807, 2.05) is 30.9 Å². The summed E-state index contributed by atoms with van der Waals surface area (Å²) < 4.78 is 0.926. The molecular weight excluding hydrogens is 320 g/mol. The predicted octanol–water partition coefficient (Wildman–Crippen LogP) is 4.06. The summed E-state index contributed by atoms with van der Waals surface area (Å²) in [5.41, 5.74) is 3.05. The Morgan fingerprint density at radius 3 is 2.94 bits per heavy atom. The van der Waals surface area contributed by atoms with Gasteiger partial charge in [-0.1, -0.05) is 17.7 Å². The number of likely N-dealkylation sites (N-methyl/N-ethyl adjacent to an activating group) is 1. The molecule has 0 aliphatic rings. The van der Waals surface area contributed by atoms with Crippen LogP contribution in [0.15, 0.2) is 34.4 Å². The van der Waals surface area contributed by atoms with E-state index in [9.17, 15) is 0 Å². The molecule has 0 amide bonds. The average Bonchev–Trinajstić information content (AvgIpc) is 2.82. The summed E-state index contributed by atoms with van der Waals surface area (Å²) in [6, 6.07) is 6.32. The molecule has 0 radical (unpaired) electrons. The number of hydrogen-bond donors (Lipinski definition) is 1. The number of benzene rings is 1. The van der Waals surface area contributed by atoms with Crippen LogP contribution in [0.2, 0.25) is 5.02 Å². The molecule has 17 heavy (non-hydrogen) atoms. The molecule has 1 aromatic heterocycles. The molecule has 2 aromatic rings. The highest BCUT2D eigenvalue weighted by Gasteiger charge is 2.12. The van der Waals surface area contributed by atoms with Gasteiger partial charge in [0, 0.05) is 28.0 Å². The summed E-state index contributed by atoms with van der Waals surface area (Å²) in [6.07, 6.45) is 2.84. The van der Waals surface area contributed by atoms with E-state index in [0.717, 1.165) is 15.9 Å². The lowest BCUT2D eigenvalue weighted by Gasteiger charge is -2.16. The smallest absolute Gasteiger partial charge is 0.0794 e. The summed E-state index contributed by atoms with van der Waals surface area (Å²) in [7, 11) is 1.96. The Kier molecular flexibility index (Phi) is 4.56. The highest BCUT2D eigenvalue weighted by atomic mass is 79.9. The van der Waals surface area contributed by atoms with Gasteiger partial charge in [0.15, 0.2) is 0 Å². The molecule has 1 unspecified atom stereocenters. The number of aromatic nitrogens is 1. The fraction of sp³-hybridized carbons (Fsp3) is 0.250. The van der Waals surface area contributed by atoms with E-state index in [-0.39, 0.29) is 6.04 Å². The Balaban J connectivity index is 2.20. The zero-order valence-electron chi connectivity index (χ0n) is 9.28. The quantitative estimate of drug-likeness (QED) is 0.914. The first-order chi connectivity index (χ1) is 8.20. The molecule has 2 rings (SSSR count). The van der Waals surface area contributed by atoms with Gasteiger partial charge in [-0.05, 0) is 40.7 Å². The van der Waals surface area contributed by atoms with Crippen LogP contribution in [0.3, 0.4) is 0 Å². The first-order valence-electron chi connectivity index (χ1n) is 5.20. The monoisotopic (exact) mass is 330 g/mol. The summed E-state index contributed by atoms with van der Waals surface area (Å²) in [6.45, 7) is 0. The van der Waals surface area contributed by atoms with E-state index in [4.69, 9.17) is 11.6 Å². The van der Waals surface area contributed by atoms with Crippen LogP contribution in [-0.2, 0) is 6.42 Å². The Hall–Kier alpha value is -0.420. The number of hydrogen-bond acceptors (Lipinski definition) is 3. The molecule has 0 fully saturated rings. The fourth-order valence-corrected chi connectivity index (χ4v) is 2.74. The van der Waals surface area contributed by atoms with E-state index in [2.05, 4.69) is 32.3 Å². The molecule has 1 atom stereocenters. The second-order valence-electron chi connectivity index (χ2n) is 3.69. The zero-order chi connectivity index (χ0) is 12.3. The molecule has 1 heterocycles. The maximum absolute atomic E-state index is 6.11. The largest absolute Gasteiger partial charge is 0.313 e. The van der Waals surface area contributed by atoms with Gasteiger partial charge < -0.3 is 5.32 Å². The Labute approximate surface area is 118 Å². The van der Waals surface area contributed by atoms with Gasteiger partial charge in [-0.2, -0.15) is 0 Å². The number of nitrogens with one attached hydrogen (secondary N) is 1. The summed E-state index contributed by atoms with van der Waals surface area (Å²) in [4.78, 5) is 5.36. The third-order valence-electron chi connectivity index (χ3n) is 2.58. The van der Waals surface area contributed by atoms with Crippen LogP contribution in [0.1, 0.15) is 16.5 Å². The van der Waals surface area contributed by atoms with Crippen molar-refractivity contribution in [1.82, 2.24) is 10.3 Å². The minimum atomic E-state index is 0.265. The Morgan fingerprint density at radius 1 is 1.53 bits per heavy atom. The second-order valence-corrected chi connectivity index (χ2v) is 5.92. The molecule has 0 bridgehead atoms. The zero-order valence-corrected chi connectivity index (χ0v) is 12.4. The van der Waals surface area contributed by atoms with E-state index in [1.165, 1.54) is 10.4 Å². The van der Waals surface area contributed by atoms with E-state index in [1.54, 1.807) is 11.3 Å². The molecule has 5 heteroatoms. The summed E-state index contributed by atoms with van der Waals surface area (Å²) >= 11 is 11.2. The summed E-state index contributed by atoms with van der Waals surface area (Å²) in [5, 5.41) is 4.05. The van der Waals surface area contributed by atoms with Crippen LogP contribution >= 0.6 is 38.9 Å². The highest BCUT2D eigenvalue weighted by Crippen LogP contribution is 2.27. The van der Waals surface area contributed by atoms with Crippen molar-refractivity contribution in [2.24, 2.45) is 0 Å². The number of thiazole rings is 1. The lowest BCUT2D eigenvalue weighted by Crippen LogP contribution is -2.18. The van der Waals surface area contributed by atoms with Gasteiger partial charge in [0.1, 0.15) is 0 Å². The van der Waals surface area contributed by atoms with Crippen LogP contribution in [0.5, 0.6) is 0 Å². The van der Waals surface area contributed by atoms with Crippen LogP contribution in [-0.4, -0.2) is 12.0 Å². The van der Waals surface area contributed by atoms with E-state index < -0.39 is 0 Å². The second kappa shape index (κ2) is 5.96. The molecule has 1 aromatic carbocycles. The van der Waals surface area contributed by atoms with Crippen molar-refractivity contribution in [3.05, 3.63) is 49.8 Å². The van der Waals surface area contributed by atoms with Crippen molar-refractivity contribution >= 4 is 38.9 Å². The van der Waals surface area contributed by atoms with Gasteiger partial charge >= 0.3 is 0 Å². The fourth-order valence-electron chi connectivity index (χ4n) is 1.66. The van der Waals surface area contributed by atoms with E-state index >= 15 is 0 Å². The van der Waals surface area contributed by atoms with Gasteiger partial charge in [0.05, 0.1) is 10.5 Å². The van der Waals surface area contributed by atoms with Crippen LogP contribution in [0.25, 0.3) is 0 Å². The van der Waals surface area contributed by atoms with Crippen LogP contribution < -0.4 is 5.32 Å². The number of rotatable bonds is 4. The third kappa shape index (κ3) is 3.28. The lowest BCUT2D eigenvalue weighted by molar-refractivity contribution is 0.596. The average molecular weight is 332 g/mol. The topological polar surface area (TPSA) is 24.9 Å². The molecule has 0 aliphatic heterocycles. The Bertz CT molecular complexity index is 487. The van der Waals surface area contributed by atoms with Crippen LogP contribution in [0.4, 0.5) is 0 Å². The Morgan fingerprint density at radius 2 is 2.35 bits per heavy atom. The molecule has 1 N–H and O–H groups in total. The minimum absolute atomic E-state index is 0.265.